The number of nitrogens with zero attached hydrogens (tertiary/aromatic N) is 1. The van der Waals surface area contributed by atoms with Crippen molar-refractivity contribution in [3.05, 3.63) is 30.1 Å². The highest BCUT2D eigenvalue weighted by Crippen LogP contribution is 2.13. The summed E-state index contributed by atoms with van der Waals surface area (Å²) in [5.41, 5.74) is 0. The van der Waals surface area contributed by atoms with Gasteiger partial charge >= 0.3 is 6.03 Å². The maximum atomic E-state index is 13.6. The molecule has 2 rings (SSSR count). The number of carbonyl (C=O) groups excluding carboxylic acids is 1. The lowest BCUT2D eigenvalue weighted by atomic mass is 10.2. The first kappa shape index (κ1) is 18.4. The van der Waals surface area contributed by atoms with Crippen LogP contribution in [0.4, 0.5) is 9.18 Å². The van der Waals surface area contributed by atoms with Crippen molar-refractivity contribution in [3.8, 4) is 12.3 Å². The fourth-order valence-electron chi connectivity index (χ4n) is 2.47. The number of benzene rings is 1. The van der Waals surface area contributed by atoms with Crippen LogP contribution in [0.3, 0.4) is 0 Å². The third-order valence-corrected chi connectivity index (χ3v) is 5.06. The standard InChI is InChI=1S/C17H21FN2O3S/c1-2-10-20(13-14-6-5-11-23-14)17(21)19-9-12-24(22)16-8-4-3-7-15(16)18/h1,3-4,7-8,14H,5-6,9-13H2,(H,19,21)/t14-,24-/m0/s1. The summed E-state index contributed by atoms with van der Waals surface area (Å²) < 4.78 is 31.1. The maximum absolute atomic E-state index is 13.6. The number of carbonyl (C=O) groups is 1. The van der Waals surface area contributed by atoms with Gasteiger partial charge in [-0.05, 0) is 25.0 Å². The molecule has 0 spiro atoms. The van der Waals surface area contributed by atoms with E-state index < -0.39 is 16.6 Å². The molecule has 0 aromatic heterocycles. The van der Waals surface area contributed by atoms with E-state index in [1.54, 1.807) is 12.1 Å². The molecular weight excluding hydrogens is 331 g/mol. The van der Waals surface area contributed by atoms with E-state index >= 15 is 0 Å². The Labute approximate surface area is 144 Å². The fraction of sp³-hybridized carbons (Fsp3) is 0.471. The summed E-state index contributed by atoms with van der Waals surface area (Å²) in [5.74, 6) is 2.09. The molecule has 1 aliphatic rings. The summed E-state index contributed by atoms with van der Waals surface area (Å²) in [6.07, 6.45) is 7.21. The van der Waals surface area contributed by atoms with Crippen molar-refractivity contribution in [2.75, 3.05) is 32.0 Å². The topological polar surface area (TPSA) is 58.6 Å². The molecule has 1 aromatic rings. The number of urea groups is 1. The first-order valence-corrected chi connectivity index (χ1v) is 9.14. The van der Waals surface area contributed by atoms with E-state index in [0.29, 0.717) is 13.2 Å². The van der Waals surface area contributed by atoms with Gasteiger partial charge in [0, 0.05) is 25.4 Å². The third-order valence-electron chi connectivity index (χ3n) is 3.66. The second kappa shape index (κ2) is 9.40. The molecule has 1 N–H and O–H groups in total. The number of hydrogen-bond donors (Lipinski definition) is 1. The van der Waals surface area contributed by atoms with E-state index in [4.69, 9.17) is 11.2 Å². The van der Waals surface area contributed by atoms with Crippen LogP contribution in [0.25, 0.3) is 0 Å². The summed E-state index contributed by atoms with van der Waals surface area (Å²) >= 11 is 0. The summed E-state index contributed by atoms with van der Waals surface area (Å²) in [4.78, 5) is 13.8. The van der Waals surface area contributed by atoms with Crippen molar-refractivity contribution in [2.24, 2.45) is 0 Å². The van der Waals surface area contributed by atoms with Crippen LogP contribution >= 0.6 is 0 Å². The van der Waals surface area contributed by atoms with Gasteiger partial charge in [-0.2, -0.15) is 0 Å². The highest BCUT2D eigenvalue weighted by molar-refractivity contribution is 7.85. The van der Waals surface area contributed by atoms with Crippen LogP contribution in [0.2, 0.25) is 0 Å². The number of amides is 2. The van der Waals surface area contributed by atoms with Crippen LogP contribution in [0, 0.1) is 18.2 Å². The molecule has 2 amide bonds. The molecule has 1 heterocycles. The number of halogens is 1. The van der Waals surface area contributed by atoms with E-state index in [1.807, 2.05) is 0 Å². The van der Waals surface area contributed by atoms with E-state index in [0.717, 1.165) is 12.8 Å². The van der Waals surface area contributed by atoms with Gasteiger partial charge in [0.05, 0.1) is 28.3 Å². The summed E-state index contributed by atoms with van der Waals surface area (Å²) in [6.45, 7) is 1.50. The number of terminal acetylenes is 1. The lowest BCUT2D eigenvalue weighted by Crippen LogP contribution is -2.44. The monoisotopic (exact) mass is 352 g/mol. The van der Waals surface area contributed by atoms with Gasteiger partial charge in [-0.25, -0.2) is 9.18 Å². The van der Waals surface area contributed by atoms with Crippen molar-refractivity contribution in [3.63, 3.8) is 0 Å². The van der Waals surface area contributed by atoms with Crippen molar-refractivity contribution < 1.29 is 18.1 Å². The molecular formula is C17H21FN2O3S. The van der Waals surface area contributed by atoms with E-state index in [-0.39, 0.29) is 35.9 Å². The molecule has 0 saturated carbocycles. The Morgan fingerprint density at radius 2 is 2.29 bits per heavy atom. The molecule has 0 unspecified atom stereocenters. The molecule has 1 aromatic carbocycles. The van der Waals surface area contributed by atoms with E-state index in [1.165, 1.54) is 17.0 Å². The summed E-state index contributed by atoms with van der Waals surface area (Å²) in [5, 5.41) is 2.68. The molecule has 1 fully saturated rings. The van der Waals surface area contributed by atoms with E-state index in [2.05, 4.69) is 11.2 Å². The zero-order valence-electron chi connectivity index (χ0n) is 13.4. The number of rotatable bonds is 7. The van der Waals surface area contributed by atoms with Gasteiger partial charge in [0.2, 0.25) is 0 Å². The Kier molecular flexibility index (Phi) is 7.22. The van der Waals surface area contributed by atoms with Crippen molar-refractivity contribution in [2.45, 2.75) is 23.8 Å². The quantitative estimate of drug-likeness (QED) is 0.761. The van der Waals surface area contributed by atoms with Gasteiger partial charge in [0.15, 0.2) is 0 Å². The lowest BCUT2D eigenvalue weighted by molar-refractivity contribution is 0.0847. The minimum atomic E-state index is -1.51. The summed E-state index contributed by atoms with van der Waals surface area (Å²) in [6, 6.07) is 5.59. The Morgan fingerprint density at radius 1 is 1.50 bits per heavy atom. The largest absolute Gasteiger partial charge is 0.376 e. The van der Waals surface area contributed by atoms with Gasteiger partial charge in [0.1, 0.15) is 5.82 Å². The van der Waals surface area contributed by atoms with Crippen LogP contribution in [0.5, 0.6) is 0 Å². The predicted molar refractivity (Wildman–Crippen MR) is 90.5 cm³/mol. The molecule has 0 aliphatic carbocycles. The van der Waals surface area contributed by atoms with Crippen LogP contribution in [-0.2, 0) is 15.5 Å². The number of hydrogen-bond acceptors (Lipinski definition) is 3. The van der Waals surface area contributed by atoms with Gasteiger partial charge < -0.3 is 15.0 Å². The summed E-state index contributed by atoms with van der Waals surface area (Å²) in [7, 11) is -1.51. The SMILES string of the molecule is C#CCN(C[C@@H]1CCCO1)C(=O)NCC[S@](=O)c1ccccc1F. The maximum Gasteiger partial charge on any atom is 0.318 e. The minimum Gasteiger partial charge on any atom is -0.376 e. The average molecular weight is 352 g/mol. The minimum absolute atomic E-state index is 0.0108. The van der Waals surface area contributed by atoms with Crippen molar-refractivity contribution in [1.82, 2.24) is 10.2 Å². The normalized spacial score (nSPS) is 17.9. The third kappa shape index (κ3) is 5.32. The average Bonchev–Trinajstić information content (AvgIpc) is 3.07. The molecule has 5 nitrogen and oxygen atoms in total. The fourth-order valence-corrected chi connectivity index (χ4v) is 3.49. The molecule has 130 valence electrons. The van der Waals surface area contributed by atoms with Crippen LogP contribution in [0.15, 0.2) is 29.2 Å². The van der Waals surface area contributed by atoms with Crippen molar-refractivity contribution in [1.29, 1.82) is 0 Å². The lowest BCUT2D eigenvalue weighted by Gasteiger charge is -2.23. The molecule has 7 heteroatoms. The first-order valence-electron chi connectivity index (χ1n) is 7.82. The highest BCUT2D eigenvalue weighted by atomic mass is 32.2. The Morgan fingerprint density at radius 3 is 2.96 bits per heavy atom. The zero-order chi connectivity index (χ0) is 17.4. The van der Waals surface area contributed by atoms with Crippen molar-refractivity contribution >= 4 is 16.8 Å². The Bertz CT molecular complexity index is 627. The van der Waals surface area contributed by atoms with Gasteiger partial charge in [-0.3, -0.25) is 4.21 Å². The highest BCUT2D eigenvalue weighted by Gasteiger charge is 2.22. The zero-order valence-corrected chi connectivity index (χ0v) is 14.2. The molecule has 2 atom stereocenters. The van der Waals surface area contributed by atoms with Gasteiger partial charge in [-0.1, -0.05) is 18.1 Å². The molecule has 0 bridgehead atoms. The Hall–Kier alpha value is -1.91. The van der Waals surface area contributed by atoms with Gasteiger partial charge in [-0.15, -0.1) is 6.42 Å². The number of ether oxygens (including phenoxy) is 1. The van der Waals surface area contributed by atoms with Crippen LogP contribution in [0.1, 0.15) is 12.8 Å². The smallest absolute Gasteiger partial charge is 0.318 e. The molecule has 0 radical (unpaired) electrons. The molecule has 24 heavy (non-hydrogen) atoms. The van der Waals surface area contributed by atoms with Crippen LogP contribution < -0.4 is 5.32 Å². The van der Waals surface area contributed by atoms with E-state index in [9.17, 15) is 13.4 Å². The second-order valence-corrected chi connectivity index (χ2v) is 6.97. The second-order valence-electron chi connectivity index (χ2n) is 5.43. The molecule has 1 aliphatic heterocycles. The number of nitrogens with one attached hydrogen (secondary N) is 1. The predicted octanol–water partition coefficient (Wildman–Crippen LogP) is 1.76. The van der Waals surface area contributed by atoms with Gasteiger partial charge in [0.25, 0.3) is 0 Å². The first-order chi connectivity index (χ1) is 11.6. The molecule has 1 saturated heterocycles. The van der Waals surface area contributed by atoms with Crippen LogP contribution in [-0.4, -0.2) is 53.2 Å². The Balaban J connectivity index is 1.81.